The van der Waals surface area contributed by atoms with E-state index in [1.54, 1.807) is 11.0 Å². The van der Waals surface area contributed by atoms with Crippen molar-refractivity contribution >= 4 is 5.91 Å². The first-order chi connectivity index (χ1) is 8.67. The van der Waals surface area contributed by atoms with Gasteiger partial charge in [0.25, 0.3) is 0 Å². The largest absolute Gasteiger partial charge is 0.380 e. The Kier molecular flexibility index (Phi) is 10.6. The normalized spacial score (nSPS) is 12.2. The van der Waals surface area contributed by atoms with Crippen LogP contribution in [0.2, 0.25) is 0 Å². The van der Waals surface area contributed by atoms with Crippen molar-refractivity contribution in [1.29, 1.82) is 0 Å². The van der Waals surface area contributed by atoms with Gasteiger partial charge in [0.2, 0.25) is 5.91 Å². The first-order valence-electron chi connectivity index (χ1n) is 6.48. The van der Waals surface area contributed by atoms with Crippen molar-refractivity contribution in [3.63, 3.8) is 0 Å². The first kappa shape index (κ1) is 17.1. The maximum absolute atomic E-state index is 12.1. The van der Waals surface area contributed by atoms with E-state index in [0.29, 0.717) is 45.9 Å². The average Bonchev–Trinajstić information content (AvgIpc) is 2.37. The van der Waals surface area contributed by atoms with E-state index in [1.807, 2.05) is 13.8 Å². The number of nitrogens with zero attached hydrogens (tertiary/aromatic N) is 1. The molecule has 106 valence electrons. The van der Waals surface area contributed by atoms with E-state index >= 15 is 0 Å². The standard InChI is InChI=1S/C13H26N2O3/c1-4-7-12(14)13(16)15(8-10-17-5-2)9-11-18-6-3/h4,12H,1,5-11,14H2,2-3H3. The zero-order valence-corrected chi connectivity index (χ0v) is 11.6. The quantitative estimate of drug-likeness (QED) is 0.439. The molecular formula is C13H26N2O3. The van der Waals surface area contributed by atoms with E-state index in [2.05, 4.69) is 6.58 Å². The van der Waals surface area contributed by atoms with Gasteiger partial charge in [-0.15, -0.1) is 6.58 Å². The Morgan fingerprint density at radius 2 is 1.78 bits per heavy atom. The summed E-state index contributed by atoms with van der Waals surface area (Å²) in [6, 6.07) is -0.522. The molecule has 0 aromatic rings. The Bertz CT molecular complexity index is 224. The lowest BCUT2D eigenvalue weighted by Crippen LogP contribution is -2.46. The molecule has 5 heteroatoms. The minimum Gasteiger partial charge on any atom is -0.380 e. The van der Waals surface area contributed by atoms with Crippen LogP contribution in [0.5, 0.6) is 0 Å². The predicted molar refractivity (Wildman–Crippen MR) is 72.4 cm³/mol. The van der Waals surface area contributed by atoms with Gasteiger partial charge in [0, 0.05) is 26.3 Å². The molecule has 0 rings (SSSR count). The number of hydrogen-bond acceptors (Lipinski definition) is 4. The summed E-state index contributed by atoms with van der Waals surface area (Å²) in [4.78, 5) is 13.8. The van der Waals surface area contributed by atoms with Crippen molar-refractivity contribution in [3.05, 3.63) is 12.7 Å². The fourth-order valence-electron chi connectivity index (χ4n) is 1.49. The summed E-state index contributed by atoms with van der Waals surface area (Å²) in [7, 11) is 0. The summed E-state index contributed by atoms with van der Waals surface area (Å²) in [6.45, 7) is 10.9. The summed E-state index contributed by atoms with van der Waals surface area (Å²) >= 11 is 0. The maximum atomic E-state index is 12.1. The molecule has 1 atom stereocenters. The zero-order chi connectivity index (χ0) is 13.8. The van der Waals surface area contributed by atoms with Crippen molar-refractivity contribution in [1.82, 2.24) is 4.90 Å². The molecule has 0 saturated carbocycles. The highest BCUT2D eigenvalue weighted by Crippen LogP contribution is 1.99. The van der Waals surface area contributed by atoms with Gasteiger partial charge in [-0.05, 0) is 20.3 Å². The molecule has 0 aromatic heterocycles. The first-order valence-corrected chi connectivity index (χ1v) is 6.48. The second-order valence-electron chi connectivity index (χ2n) is 3.85. The monoisotopic (exact) mass is 258 g/mol. The highest BCUT2D eigenvalue weighted by atomic mass is 16.5. The highest BCUT2D eigenvalue weighted by Gasteiger charge is 2.19. The molecule has 2 N–H and O–H groups in total. The topological polar surface area (TPSA) is 64.8 Å². The van der Waals surface area contributed by atoms with Gasteiger partial charge >= 0.3 is 0 Å². The van der Waals surface area contributed by atoms with E-state index in [0.717, 1.165) is 0 Å². The van der Waals surface area contributed by atoms with Crippen molar-refractivity contribution in [2.75, 3.05) is 39.5 Å². The SMILES string of the molecule is C=CCC(N)C(=O)N(CCOCC)CCOCC. The molecule has 0 spiro atoms. The number of nitrogens with two attached hydrogens (primary N) is 1. The molecule has 0 radical (unpaired) electrons. The number of carbonyl (C=O) groups is 1. The fraction of sp³-hybridized carbons (Fsp3) is 0.769. The van der Waals surface area contributed by atoms with Crippen molar-refractivity contribution in [2.45, 2.75) is 26.3 Å². The second kappa shape index (κ2) is 11.2. The third-order valence-corrected chi connectivity index (χ3v) is 2.47. The van der Waals surface area contributed by atoms with Gasteiger partial charge in [0.15, 0.2) is 0 Å². The van der Waals surface area contributed by atoms with Crippen LogP contribution in [0.25, 0.3) is 0 Å². The van der Waals surface area contributed by atoms with Gasteiger partial charge in [0.05, 0.1) is 19.3 Å². The summed E-state index contributed by atoms with van der Waals surface area (Å²) < 4.78 is 10.5. The fourth-order valence-corrected chi connectivity index (χ4v) is 1.49. The summed E-state index contributed by atoms with van der Waals surface area (Å²) in [6.07, 6.45) is 2.14. The van der Waals surface area contributed by atoms with Gasteiger partial charge < -0.3 is 20.1 Å². The van der Waals surface area contributed by atoms with E-state index in [9.17, 15) is 4.79 Å². The molecular weight excluding hydrogens is 232 g/mol. The molecule has 18 heavy (non-hydrogen) atoms. The third kappa shape index (κ3) is 7.42. The molecule has 0 aliphatic rings. The molecule has 0 aliphatic heterocycles. The van der Waals surface area contributed by atoms with E-state index < -0.39 is 6.04 Å². The van der Waals surface area contributed by atoms with Gasteiger partial charge in [-0.3, -0.25) is 4.79 Å². The molecule has 0 aromatic carbocycles. The molecule has 0 saturated heterocycles. The molecule has 0 bridgehead atoms. The lowest BCUT2D eigenvalue weighted by molar-refractivity contribution is -0.134. The van der Waals surface area contributed by atoms with Gasteiger partial charge in [0.1, 0.15) is 0 Å². The molecule has 0 aliphatic carbocycles. The predicted octanol–water partition coefficient (Wildman–Crippen LogP) is 0.791. The van der Waals surface area contributed by atoms with E-state index in [4.69, 9.17) is 15.2 Å². The Morgan fingerprint density at radius 1 is 1.28 bits per heavy atom. The number of ether oxygens (including phenoxy) is 2. The Balaban J connectivity index is 4.23. The number of hydrogen-bond donors (Lipinski definition) is 1. The second-order valence-corrected chi connectivity index (χ2v) is 3.85. The van der Waals surface area contributed by atoms with Crippen LogP contribution in [0.4, 0.5) is 0 Å². The average molecular weight is 258 g/mol. The Morgan fingerprint density at radius 3 is 2.17 bits per heavy atom. The summed E-state index contributed by atoms with van der Waals surface area (Å²) in [5.74, 6) is -0.0747. The molecule has 1 unspecified atom stereocenters. The van der Waals surface area contributed by atoms with Crippen LogP contribution in [0.3, 0.4) is 0 Å². The smallest absolute Gasteiger partial charge is 0.239 e. The van der Waals surface area contributed by atoms with Crippen LogP contribution >= 0.6 is 0 Å². The number of rotatable bonds is 11. The van der Waals surface area contributed by atoms with Crippen LogP contribution in [-0.4, -0.2) is 56.4 Å². The van der Waals surface area contributed by atoms with Gasteiger partial charge in [-0.25, -0.2) is 0 Å². The lowest BCUT2D eigenvalue weighted by Gasteiger charge is -2.25. The van der Waals surface area contributed by atoms with Crippen molar-refractivity contribution in [3.8, 4) is 0 Å². The minimum atomic E-state index is -0.522. The molecule has 1 amide bonds. The lowest BCUT2D eigenvalue weighted by atomic mass is 10.2. The zero-order valence-electron chi connectivity index (χ0n) is 11.6. The van der Waals surface area contributed by atoms with Crippen LogP contribution in [-0.2, 0) is 14.3 Å². The molecule has 0 heterocycles. The molecule has 0 fully saturated rings. The van der Waals surface area contributed by atoms with Gasteiger partial charge in [-0.2, -0.15) is 0 Å². The van der Waals surface area contributed by atoms with Crippen molar-refractivity contribution in [2.24, 2.45) is 5.73 Å². The van der Waals surface area contributed by atoms with Crippen LogP contribution in [0.1, 0.15) is 20.3 Å². The Labute approximate surface area is 110 Å². The molecule has 5 nitrogen and oxygen atoms in total. The van der Waals surface area contributed by atoms with E-state index in [1.165, 1.54) is 0 Å². The van der Waals surface area contributed by atoms with Gasteiger partial charge in [-0.1, -0.05) is 6.08 Å². The Hall–Kier alpha value is -0.910. The third-order valence-electron chi connectivity index (χ3n) is 2.47. The maximum Gasteiger partial charge on any atom is 0.239 e. The number of carbonyl (C=O) groups excluding carboxylic acids is 1. The number of amides is 1. The van der Waals surface area contributed by atoms with E-state index in [-0.39, 0.29) is 5.91 Å². The van der Waals surface area contributed by atoms with Crippen LogP contribution < -0.4 is 5.73 Å². The highest BCUT2D eigenvalue weighted by molar-refractivity contribution is 5.81. The van der Waals surface area contributed by atoms with Crippen molar-refractivity contribution < 1.29 is 14.3 Å². The van der Waals surface area contributed by atoms with Crippen LogP contribution in [0, 0.1) is 0 Å². The van der Waals surface area contributed by atoms with Crippen LogP contribution in [0.15, 0.2) is 12.7 Å². The summed E-state index contributed by atoms with van der Waals surface area (Å²) in [5, 5.41) is 0. The summed E-state index contributed by atoms with van der Waals surface area (Å²) in [5.41, 5.74) is 5.79. The minimum absolute atomic E-state index is 0.0747.